The molecule has 1 unspecified atom stereocenters. The molecule has 0 spiro atoms. The number of carbonyl (C=O) groups excluding carboxylic acids is 2. The van der Waals surface area contributed by atoms with Crippen molar-refractivity contribution in [1.82, 2.24) is 10.2 Å². The van der Waals surface area contributed by atoms with E-state index in [2.05, 4.69) is 5.32 Å². The minimum Gasteiger partial charge on any atom is -0.497 e. The van der Waals surface area contributed by atoms with Crippen LogP contribution in [0.5, 0.6) is 5.75 Å². The SMILES string of the molecule is CCCNC(=O)C(C)N(Cc1cccc(C)c1)C(=O)CN(c1ccc(C)cc1)S(=O)(=O)c1ccc(OC)cc1. The molecule has 3 aromatic carbocycles. The van der Waals surface area contributed by atoms with Crippen LogP contribution in [0.3, 0.4) is 0 Å². The number of nitrogens with zero attached hydrogens (tertiary/aromatic N) is 2. The van der Waals surface area contributed by atoms with Crippen LogP contribution < -0.4 is 14.4 Å². The van der Waals surface area contributed by atoms with Gasteiger partial charge in [0.1, 0.15) is 18.3 Å². The van der Waals surface area contributed by atoms with Gasteiger partial charge < -0.3 is 15.0 Å². The average molecular weight is 552 g/mol. The molecule has 0 radical (unpaired) electrons. The molecule has 0 aromatic heterocycles. The number of anilines is 1. The van der Waals surface area contributed by atoms with Gasteiger partial charge in [0.15, 0.2) is 0 Å². The first kappa shape index (κ1) is 29.7. The third-order valence-corrected chi connectivity index (χ3v) is 8.19. The molecule has 0 fully saturated rings. The van der Waals surface area contributed by atoms with Crippen LogP contribution in [0.25, 0.3) is 0 Å². The molecule has 0 aliphatic heterocycles. The Balaban J connectivity index is 2.01. The minimum atomic E-state index is -4.13. The van der Waals surface area contributed by atoms with E-state index in [0.29, 0.717) is 18.0 Å². The van der Waals surface area contributed by atoms with Gasteiger partial charge in [-0.15, -0.1) is 0 Å². The molecule has 0 aliphatic rings. The van der Waals surface area contributed by atoms with E-state index in [4.69, 9.17) is 4.74 Å². The van der Waals surface area contributed by atoms with Crippen LogP contribution in [0.4, 0.5) is 5.69 Å². The van der Waals surface area contributed by atoms with Gasteiger partial charge in [-0.2, -0.15) is 0 Å². The van der Waals surface area contributed by atoms with E-state index in [1.165, 1.54) is 24.1 Å². The van der Waals surface area contributed by atoms with Crippen LogP contribution in [0, 0.1) is 13.8 Å². The number of aryl methyl sites for hydroxylation is 2. The number of rotatable bonds is 12. The molecule has 39 heavy (non-hydrogen) atoms. The maximum atomic E-state index is 13.9. The quantitative estimate of drug-likeness (QED) is 0.359. The summed E-state index contributed by atoms with van der Waals surface area (Å²) in [6, 6.07) is 19.8. The van der Waals surface area contributed by atoms with Crippen molar-refractivity contribution in [2.75, 3.05) is 24.5 Å². The molecule has 8 nitrogen and oxygen atoms in total. The number of amides is 2. The van der Waals surface area contributed by atoms with E-state index >= 15 is 0 Å². The molecule has 1 N–H and O–H groups in total. The molecule has 0 saturated heterocycles. The summed E-state index contributed by atoms with van der Waals surface area (Å²) in [5, 5.41) is 2.85. The highest BCUT2D eigenvalue weighted by Crippen LogP contribution is 2.26. The minimum absolute atomic E-state index is 0.0237. The van der Waals surface area contributed by atoms with Crippen LogP contribution in [-0.4, -0.2) is 51.4 Å². The number of sulfonamides is 1. The van der Waals surface area contributed by atoms with Gasteiger partial charge in [-0.25, -0.2) is 8.42 Å². The number of benzene rings is 3. The molecule has 3 aromatic rings. The van der Waals surface area contributed by atoms with Crippen molar-refractivity contribution in [3.8, 4) is 5.75 Å². The zero-order chi connectivity index (χ0) is 28.6. The Morgan fingerprint density at radius 1 is 0.949 bits per heavy atom. The Bertz CT molecular complexity index is 1370. The number of hydrogen-bond donors (Lipinski definition) is 1. The topological polar surface area (TPSA) is 96.0 Å². The fourth-order valence-corrected chi connectivity index (χ4v) is 5.51. The van der Waals surface area contributed by atoms with Gasteiger partial charge in [0.2, 0.25) is 11.8 Å². The summed E-state index contributed by atoms with van der Waals surface area (Å²) in [6.45, 7) is 7.62. The normalized spacial score (nSPS) is 11.9. The van der Waals surface area contributed by atoms with E-state index in [1.54, 1.807) is 43.3 Å². The predicted molar refractivity (Wildman–Crippen MR) is 153 cm³/mol. The van der Waals surface area contributed by atoms with Crippen molar-refractivity contribution in [3.05, 3.63) is 89.5 Å². The third kappa shape index (κ3) is 7.60. The van der Waals surface area contributed by atoms with Crippen molar-refractivity contribution in [3.63, 3.8) is 0 Å². The largest absolute Gasteiger partial charge is 0.497 e. The van der Waals surface area contributed by atoms with Crippen LogP contribution in [0.1, 0.15) is 37.0 Å². The standard InChI is InChI=1S/C30H37N3O5S/c1-6-18-31-30(35)24(4)32(20-25-9-7-8-23(3)19-25)29(34)21-33(26-12-10-22(2)11-13-26)39(36,37)28-16-14-27(38-5)15-17-28/h7-17,19,24H,6,18,20-21H2,1-5H3,(H,31,35). The highest BCUT2D eigenvalue weighted by Gasteiger charge is 2.32. The van der Waals surface area contributed by atoms with Crippen LogP contribution in [0.15, 0.2) is 77.7 Å². The number of carbonyl (C=O) groups is 2. The van der Waals surface area contributed by atoms with Gasteiger partial charge in [0.25, 0.3) is 10.0 Å². The summed E-state index contributed by atoms with van der Waals surface area (Å²) in [6.07, 6.45) is 0.756. The second kappa shape index (κ2) is 13.3. The molecule has 0 aliphatic carbocycles. The lowest BCUT2D eigenvalue weighted by Crippen LogP contribution is -2.51. The lowest BCUT2D eigenvalue weighted by molar-refractivity contribution is -0.139. The van der Waals surface area contributed by atoms with E-state index < -0.39 is 28.5 Å². The Kier molecular flexibility index (Phi) is 10.1. The molecular formula is C30H37N3O5S. The van der Waals surface area contributed by atoms with Crippen molar-refractivity contribution in [2.24, 2.45) is 0 Å². The molecule has 0 saturated carbocycles. The molecule has 0 bridgehead atoms. The lowest BCUT2D eigenvalue weighted by atomic mass is 10.1. The smallest absolute Gasteiger partial charge is 0.264 e. The molecule has 3 rings (SSSR count). The monoisotopic (exact) mass is 551 g/mol. The van der Waals surface area contributed by atoms with Crippen LogP contribution >= 0.6 is 0 Å². The van der Waals surface area contributed by atoms with E-state index in [9.17, 15) is 18.0 Å². The second-order valence-corrected chi connectivity index (χ2v) is 11.4. The number of nitrogens with one attached hydrogen (secondary N) is 1. The van der Waals surface area contributed by atoms with Crippen LogP contribution in [0.2, 0.25) is 0 Å². The molecule has 2 amide bonds. The summed E-state index contributed by atoms with van der Waals surface area (Å²) in [5.74, 6) is -0.269. The Morgan fingerprint density at radius 2 is 1.62 bits per heavy atom. The molecule has 9 heteroatoms. The Morgan fingerprint density at radius 3 is 2.21 bits per heavy atom. The van der Waals surface area contributed by atoms with Crippen molar-refractivity contribution in [1.29, 1.82) is 0 Å². The van der Waals surface area contributed by atoms with Gasteiger partial charge >= 0.3 is 0 Å². The Labute approximate surface area is 231 Å². The summed E-state index contributed by atoms with van der Waals surface area (Å²) in [7, 11) is -2.63. The van der Waals surface area contributed by atoms with Gasteiger partial charge in [-0.1, -0.05) is 54.4 Å². The fourth-order valence-electron chi connectivity index (χ4n) is 4.10. The second-order valence-electron chi connectivity index (χ2n) is 9.50. The zero-order valence-corrected chi connectivity index (χ0v) is 24.0. The lowest BCUT2D eigenvalue weighted by Gasteiger charge is -2.32. The van der Waals surface area contributed by atoms with E-state index in [1.807, 2.05) is 45.0 Å². The van der Waals surface area contributed by atoms with Gasteiger partial charge in [0, 0.05) is 13.1 Å². The Hall–Kier alpha value is -3.85. The van der Waals surface area contributed by atoms with Gasteiger partial charge in [0.05, 0.1) is 17.7 Å². The van der Waals surface area contributed by atoms with E-state index in [0.717, 1.165) is 27.4 Å². The highest BCUT2D eigenvalue weighted by molar-refractivity contribution is 7.92. The van der Waals surface area contributed by atoms with Crippen molar-refractivity contribution in [2.45, 2.75) is 51.6 Å². The van der Waals surface area contributed by atoms with Crippen molar-refractivity contribution < 1.29 is 22.7 Å². The maximum Gasteiger partial charge on any atom is 0.264 e. The summed E-state index contributed by atoms with van der Waals surface area (Å²) >= 11 is 0. The summed E-state index contributed by atoms with van der Waals surface area (Å²) in [5.41, 5.74) is 3.17. The number of ether oxygens (including phenoxy) is 1. The van der Waals surface area contributed by atoms with E-state index in [-0.39, 0.29) is 17.3 Å². The maximum absolute atomic E-state index is 13.9. The van der Waals surface area contributed by atoms with Gasteiger partial charge in [-0.3, -0.25) is 13.9 Å². The molecule has 1 atom stereocenters. The number of methoxy groups -OCH3 is 1. The predicted octanol–water partition coefficient (Wildman–Crippen LogP) is 4.45. The molecular weight excluding hydrogens is 514 g/mol. The summed E-state index contributed by atoms with van der Waals surface area (Å²) < 4.78 is 34.0. The first-order chi connectivity index (χ1) is 18.6. The first-order valence-electron chi connectivity index (χ1n) is 12.9. The highest BCUT2D eigenvalue weighted by atomic mass is 32.2. The molecule has 208 valence electrons. The molecule has 0 heterocycles. The number of hydrogen-bond acceptors (Lipinski definition) is 5. The summed E-state index contributed by atoms with van der Waals surface area (Å²) in [4.78, 5) is 28.3. The fraction of sp³-hybridized carbons (Fsp3) is 0.333. The zero-order valence-electron chi connectivity index (χ0n) is 23.2. The third-order valence-electron chi connectivity index (χ3n) is 6.40. The first-order valence-corrected chi connectivity index (χ1v) is 14.4. The van der Waals surface area contributed by atoms with Crippen molar-refractivity contribution >= 4 is 27.5 Å². The van der Waals surface area contributed by atoms with Gasteiger partial charge in [-0.05, 0) is 69.2 Å². The average Bonchev–Trinajstić information content (AvgIpc) is 2.93. The van der Waals surface area contributed by atoms with Crippen LogP contribution in [-0.2, 0) is 26.2 Å².